The van der Waals surface area contributed by atoms with Gasteiger partial charge in [-0.2, -0.15) is 5.26 Å². The van der Waals surface area contributed by atoms with E-state index in [-0.39, 0.29) is 6.10 Å². The molecule has 0 saturated heterocycles. The summed E-state index contributed by atoms with van der Waals surface area (Å²) in [5.41, 5.74) is 6.89. The molecule has 5 aromatic rings. The monoisotopic (exact) mass is 460 g/mol. The number of ether oxygens (including phenoxy) is 1. The zero-order valence-corrected chi connectivity index (χ0v) is 19.5. The first-order valence-electron chi connectivity index (χ1n) is 11.4. The molecule has 1 aromatic heterocycles. The summed E-state index contributed by atoms with van der Waals surface area (Å²) in [4.78, 5) is 5.40. The average molecular weight is 461 g/mol. The molecule has 0 aliphatic heterocycles. The van der Waals surface area contributed by atoms with Gasteiger partial charge in [0.1, 0.15) is 0 Å². The van der Waals surface area contributed by atoms with E-state index in [0.29, 0.717) is 12.2 Å². The van der Waals surface area contributed by atoms with Crippen molar-refractivity contribution in [3.05, 3.63) is 124 Å². The van der Waals surface area contributed by atoms with Crippen molar-refractivity contribution in [1.29, 1.82) is 5.26 Å². The maximum atomic E-state index is 9.78. The standard InChI is InChI=1S/C30H24N2OS/c31-18-25-15-13-23(17-28(25)27-12-6-10-24-9-4-5-11-26(24)27)20-33-29(30-19-32-21-34-30)16-14-22-7-2-1-3-8-22/h1-13,15,17,19,21,29H,14,16,20H2. The molecule has 166 valence electrons. The van der Waals surface area contributed by atoms with Crippen LogP contribution in [0.15, 0.2) is 103 Å². The lowest BCUT2D eigenvalue weighted by atomic mass is 9.93. The predicted octanol–water partition coefficient (Wildman–Crippen LogP) is 7.73. The van der Waals surface area contributed by atoms with E-state index >= 15 is 0 Å². The summed E-state index contributed by atoms with van der Waals surface area (Å²) in [5.74, 6) is 0. The van der Waals surface area contributed by atoms with Gasteiger partial charge in [0.2, 0.25) is 0 Å². The Morgan fingerprint density at radius 2 is 1.68 bits per heavy atom. The van der Waals surface area contributed by atoms with E-state index in [2.05, 4.69) is 65.7 Å². The van der Waals surface area contributed by atoms with Gasteiger partial charge >= 0.3 is 0 Å². The maximum Gasteiger partial charge on any atom is 0.0998 e. The Balaban J connectivity index is 1.40. The minimum absolute atomic E-state index is 0.0237. The minimum Gasteiger partial charge on any atom is -0.368 e. The molecule has 1 unspecified atom stereocenters. The van der Waals surface area contributed by atoms with Gasteiger partial charge in [-0.05, 0) is 52.4 Å². The molecule has 0 fully saturated rings. The summed E-state index contributed by atoms with van der Waals surface area (Å²) in [6.45, 7) is 0.473. The van der Waals surface area contributed by atoms with Gasteiger partial charge in [-0.1, -0.05) is 78.9 Å². The van der Waals surface area contributed by atoms with Crippen molar-refractivity contribution in [2.75, 3.05) is 0 Å². The maximum absolute atomic E-state index is 9.78. The number of fused-ring (bicyclic) bond motifs is 1. The van der Waals surface area contributed by atoms with E-state index in [4.69, 9.17) is 4.74 Å². The van der Waals surface area contributed by atoms with Crippen molar-refractivity contribution in [3.63, 3.8) is 0 Å². The molecule has 0 spiro atoms. The molecule has 0 amide bonds. The average Bonchev–Trinajstić information content (AvgIpc) is 3.44. The zero-order chi connectivity index (χ0) is 23.2. The second-order valence-corrected chi connectivity index (χ2v) is 9.16. The van der Waals surface area contributed by atoms with E-state index in [1.807, 2.05) is 48.1 Å². The summed E-state index contributed by atoms with van der Waals surface area (Å²) in [6, 6.07) is 33.4. The van der Waals surface area contributed by atoms with Crippen molar-refractivity contribution in [2.24, 2.45) is 0 Å². The minimum atomic E-state index is -0.0237. The highest BCUT2D eigenvalue weighted by molar-refractivity contribution is 7.09. The van der Waals surface area contributed by atoms with Crippen LogP contribution in [0, 0.1) is 11.3 Å². The fourth-order valence-electron chi connectivity index (χ4n) is 4.29. The lowest BCUT2D eigenvalue weighted by Gasteiger charge is -2.17. The van der Waals surface area contributed by atoms with Gasteiger partial charge in [0.05, 0.1) is 34.7 Å². The molecule has 0 bridgehead atoms. The number of aryl methyl sites for hydroxylation is 1. The first-order valence-corrected chi connectivity index (χ1v) is 12.2. The number of hydrogen-bond acceptors (Lipinski definition) is 4. The normalized spacial score (nSPS) is 11.9. The van der Waals surface area contributed by atoms with Crippen LogP contribution in [0.25, 0.3) is 21.9 Å². The van der Waals surface area contributed by atoms with Crippen LogP contribution in [0.5, 0.6) is 0 Å². The Hall–Kier alpha value is -3.78. The molecule has 0 N–H and O–H groups in total. The second-order valence-electron chi connectivity index (χ2n) is 8.25. The summed E-state index contributed by atoms with van der Waals surface area (Å²) in [7, 11) is 0. The topological polar surface area (TPSA) is 45.9 Å². The number of hydrogen-bond donors (Lipinski definition) is 0. The Morgan fingerprint density at radius 1 is 0.853 bits per heavy atom. The third-order valence-corrected chi connectivity index (χ3v) is 6.91. The quantitative estimate of drug-likeness (QED) is 0.238. The molecule has 5 rings (SSSR count). The van der Waals surface area contributed by atoms with Crippen LogP contribution in [0.2, 0.25) is 0 Å². The van der Waals surface area contributed by atoms with Crippen LogP contribution in [0.3, 0.4) is 0 Å². The molecule has 34 heavy (non-hydrogen) atoms. The van der Waals surface area contributed by atoms with Crippen LogP contribution in [-0.4, -0.2) is 4.98 Å². The molecule has 0 radical (unpaired) electrons. The number of nitrogens with zero attached hydrogens (tertiary/aromatic N) is 2. The number of rotatable bonds is 8. The first kappa shape index (κ1) is 22.0. The molecule has 0 aliphatic rings. The Labute approximate surface area is 203 Å². The number of thiazole rings is 1. The number of nitriles is 1. The highest BCUT2D eigenvalue weighted by atomic mass is 32.1. The van der Waals surface area contributed by atoms with Crippen molar-refractivity contribution >= 4 is 22.1 Å². The zero-order valence-electron chi connectivity index (χ0n) is 18.7. The largest absolute Gasteiger partial charge is 0.368 e. The van der Waals surface area contributed by atoms with Crippen molar-refractivity contribution in [3.8, 4) is 17.2 Å². The summed E-state index contributed by atoms with van der Waals surface area (Å²) in [5, 5.41) is 12.1. The van der Waals surface area contributed by atoms with Gasteiger partial charge in [0, 0.05) is 11.8 Å². The van der Waals surface area contributed by atoms with Crippen molar-refractivity contribution in [2.45, 2.75) is 25.6 Å². The highest BCUT2D eigenvalue weighted by Crippen LogP contribution is 2.33. The molecule has 0 aliphatic carbocycles. The fraction of sp³-hybridized carbons (Fsp3) is 0.133. The van der Waals surface area contributed by atoms with E-state index in [1.165, 1.54) is 5.56 Å². The summed E-state index contributed by atoms with van der Waals surface area (Å²) in [6.07, 6.45) is 3.71. The van der Waals surface area contributed by atoms with Gasteiger partial charge in [0.25, 0.3) is 0 Å². The summed E-state index contributed by atoms with van der Waals surface area (Å²) < 4.78 is 6.43. The molecule has 4 aromatic carbocycles. The molecule has 4 heteroatoms. The third-order valence-electron chi connectivity index (χ3n) is 6.04. The second kappa shape index (κ2) is 10.4. The van der Waals surface area contributed by atoms with Crippen LogP contribution in [0.1, 0.15) is 34.1 Å². The highest BCUT2D eigenvalue weighted by Gasteiger charge is 2.16. The Kier molecular flexibility index (Phi) is 6.76. The van der Waals surface area contributed by atoms with Gasteiger partial charge in [-0.25, -0.2) is 0 Å². The lowest BCUT2D eigenvalue weighted by molar-refractivity contribution is 0.0363. The van der Waals surface area contributed by atoms with Crippen LogP contribution >= 0.6 is 11.3 Å². The third kappa shape index (κ3) is 4.92. The van der Waals surface area contributed by atoms with Crippen LogP contribution in [-0.2, 0) is 17.8 Å². The van der Waals surface area contributed by atoms with Gasteiger partial charge in [-0.15, -0.1) is 11.3 Å². The number of aromatic nitrogens is 1. The van der Waals surface area contributed by atoms with Gasteiger partial charge in [0.15, 0.2) is 0 Å². The Bertz CT molecular complexity index is 1420. The first-order chi connectivity index (χ1) is 16.8. The molecular weight excluding hydrogens is 436 g/mol. The van der Waals surface area contributed by atoms with E-state index < -0.39 is 0 Å². The molecular formula is C30H24N2OS. The molecule has 1 heterocycles. The summed E-state index contributed by atoms with van der Waals surface area (Å²) >= 11 is 1.63. The molecule has 3 nitrogen and oxygen atoms in total. The van der Waals surface area contributed by atoms with Gasteiger partial charge < -0.3 is 4.74 Å². The van der Waals surface area contributed by atoms with Crippen molar-refractivity contribution < 1.29 is 4.74 Å². The van der Waals surface area contributed by atoms with Gasteiger partial charge in [-0.3, -0.25) is 4.98 Å². The van der Waals surface area contributed by atoms with Crippen LogP contribution in [0.4, 0.5) is 0 Å². The SMILES string of the molecule is N#Cc1ccc(COC(CCc2ccccc2)c2cncs2)cc1-c1cccc2ccccc12. The van der Waals surface area contributed by atoms with E-state index in [0.717, 1.165) is 45.2 Å². The van der Waals surface area contributed by atoms with Crippen molar-refractivity contribution in [1.82, 2.24) is 4.98 Å². The number of benzene rings is 4. The Morgan fingerprint density at radius 3 is 2.50 bits per heavy atom. The van der Waals surface area contributed by atoms with E-state index in [9.17, 15) is 5.26 Å². The fourth-order valence-corrected chi connectivity index (χ4v) is 5.00. The molecule has 1 atom stereocenters. The molecule has 0 saturated carbocycles. The lowest BCUT2D eigenvalue weighted by Crippen LogP contribution is -2.05. The van der Waals surface area contributed by atoms with E-state index in [1.54, 1.807) is 11.3 Å². The van der Waals surface area contributed by atoms with Crippen LogP contribution < -0.4 is 0 Å². The predicted molar refractivity (Wildman–Crippen MR) is 139 cm³/mol. The smallest absolute Gasteiger partial charge is 0.0998 e.